The van der Waals surface area contributed by atoms with Crippen LogP contribution >= 0.6 is 22.7 Å². The molecule has 0 aliphatic carbocycles. The van der Waals surface area contributed by atoms with Gasteiger partial charge in [-0.1, -0.05) is 84.9 Å². The molecule has 0 bridgehead atoms. The first-order chi connectivity index (χ1) is 25.6. The fourth-order valence-corrected chi connectivity index (χ4v) is 11.2. The van der Waals surface area contributed by atoms with Gasteiger partial charge < -0.3 is 9.13 Å². The Kier molecular flexibility index (Phi) is 5.70. The first-order valence-electron chi connectivity index (χ1n) is 17.8. The van der Waals surface area contributed by atoms with Crippen LogP contribution in [0.4, 0.5) is 0 Å². The van der Waals surface area contributed by atoms with Crippen LogP contribution in [0, 0.1) is 0 Å². The molecule has 0 amide bonds. The van der Waals surface area contributed by atoms with Gasteiger partial charge in [0.2, 0.25) is 0 Å². The van der Waals surface area contributed by atoms with Crippen LogP contribution in [0.3, 0.4) is 0 Å². The van der Waals surface area contributed by atoms with E-state index in [0.29, 0.717) is 0 Å². The predicted octanol–water partition coefficient (Wildman–Crippen LogP) is 14.2. The van der Waals surface area contributed by atoms with Gasteiger partial charge in [0.1, 0.15) is 0 Å². The Morgan fingerprint density at radius 3 is 1.17 bits per heavy atom. The van der Waals surface area contributed by atoms with Gasteiger partial charge in [0.05, 0.1) is 0 Å². The van der Waals surface area contributed by atoms with Crippen molar-refractivity contribution in [1.82, 2.24) is 9.13 Å². The second-order valence-corrected chi connectivity index (χ2v) is 16.4. The summed E-state index contributed by atoms with van der Waals surface area (Å²) in [6, 6.07) is 54.8. The highest BCUT2D eigenvalue weighted by atomic mass is 32.1. The van der Waals surface area contributed by atoms with E-state index in [0.717, 1.165) is 0 Å². The van der Waals surface area contributed by atoms with Crippen LogP contribution in [0.15, 0.2) is 146 Å². The van der Waals surface area contributed by atoms with Gasteiger partial charge >= 0.3 is 0 Å². The molecule has 0 saturated carbocycles. The Morgan fingerprint density at radius 1 is 0.308 bits per heavy atom. The Bertz CT molecular complexity index is 3260. The van der Waals surface area contributed by atoms with Gasteiger partial charge in [0, 0.05) is 98.1 Å². The van der Waals surface area contributed by atoms with Crippen molar-refractivity contribution in [3.63, 3.8) is 0 Å². The largest absolute Gasteiger partial charge is 0.344 e. The number of hydrogen-bond acceptors (Lipinski definition) is 2. The summed E-state index contributed by atoms with van der Waals surface area (Å²) in [7, 11) is 4.42. The summed E-state index contributed by atoms with van der Waals surface area (Å²) in [5.74, 6) is 0. The maximum Gasteiger partial charge on any atom is 0.0495 e. The molecule has 4 aromatic heterocycles. The predicted molar refractivity (Wildman–Crippen MR) is 229 cm³/mol. The molecule has 0 unspecified atom stereocenters. The quantitative estimate of drug-likeness (QED) is 0.170. The van der Waals surface area contributed by atoms with E-state index in [-0.39, 0.29) is 0 Å². The van der Waals surface area contributed by atoms with Crippen molar-refractivity contribution in [3.8, 4) is 22.3 Å². The summed E-state index contributed by atoms with van der Waals surface area (Å²) in [6.07, 6.45) is 0. The number of fused-ring (bicyclic) bond motifs is 15. The molecule has 12 rings (SSSR count). The second-order valence-electron chi connectivity index (χ2n) is 14.2. The van der Waals surface area contributed by atoms with Crippen LogP contribution in [0.25, 0.3) is 117 Å². The Morgan fingerprint density at radius 2 is 0.692 bits per heavy atom. The van der Waals surface area contributed by atoms with Crippen molar-refractivity contribution in [3.05, 3.63) is 146 Å². The van der Waals surface area contributed by atoms with Crippen LogP contribution in [-0.2, 0) is 14.1 Å². The second kappa shape index (κ2) is 10.3. The Labute approximate surface area is 307 Å². The van der Waals surface area contributed by atoms with E-state index >= 15 is 0 Å². The summed E-state index contributed by atoms with van der Waals surface area (Å²) < 4.78 is 10.1. The molecular formula is C48H30N2S2. The molecule has 0 saturated heterocycles. The lowest BCUT2D eigenvalue weighted by Gasteiger charge is -2.05. The maximum absolute atomic E-state index is 2.38. The fourth-order valence-electron chi connectivity index (χ4n) is 8.98. The van der Waals surface area contributed by atoms with Crippen LogP contribution in [0.2, 0.25) is 0 Å². The molecule has 0 aliphatic heterocycles. The highest BCUT2D eigenvalue weighted by Crippen LogP contribution is 2.43. The van der Waals surface area contributed by atoms with E-state index in [1.807, 2.05) is 22.7 Å². The molecule has 52 heavy (non-hydrogen) atoms. The van der Waals surface area contributed by atoms with Gasteiger partial charge in [-0.3, -0.25) is 0 Å². The third kappa shape index (κ3) is 3.83. The highest BCUT2D eigenvalue weighted by molar-refractivity contribution is 7.26. The third-order valence-electron chi connectivity index (χ3n) is 11.6. The third-order valence-corrected chi connectivity index (χ3v) is 13.9. The van der Waals surface area contributed by atoms with E-state index in [1.165, 1.54) is 117 Å². The normalized spacial score (nSPS) is 12.4. The molecule has 0 radical (unpaired) electrons. The van der Waals surface area contributed by atoms with E-state index in [4.69, 9.17) is 0 Å². The van der Waals surface area contributed by atoms with Gasteiger partial charge in [-0.05, 0) is 93.7 Å². The molecule has 0 spiro atoms. The van der Waals surface area contributed by atoms with Crippen LogP contribution in [0.1, 0.15) is 0 Å². The van der Waals surface area contributed by atoms with Gasteiger partial charge in [-0.15, -0.1) is 22.7 Å². The number of benzene rings is 8. The lowest BCUT2D eigenvalue weighted by molar-refractivity contribution is 1.01. The zero-order valence-corrected chi connectivity index (χ0v) is 30.2. The number of aromatic nitrogens is 2. The van der Waals surface area contributed by atoms with Gasteiger partial charge in [-0.25, -0.2) is 0 Å². The van der Waals surface area contributed by atoms with Crippen LogP contribution < -0.4 is 0 Å². The first kappa shape index (κ1) is 28.7. The molecule has 4 heteroatoms. The standard InChI is InChI=1S/C48H30N2S2/c1-49-39-19-17-34-33(47(39)35-15-11-29(25-41(35)49)27-13-21-45-37(23-27)31-7-3-5-9-43(31)51-45)18-20-40-48(34)36-16-12-30(26-42(36)50(40)2)28-14-22-46-38(24-28)32-8-4-6-10-44(32)52-46/h3-26H,1-2H3. The molecular weight excluding hydrogens is 669 g/mol. The van der Waals surface area contributed by atoms with Crippen molar-refractivity contribution >= 4 is 117 Å². The highest BCUT2D eigenvalue weighted by Gasteiger charge is 2.18. The Hall–Kier alpha value is -5.94. The molecule has 4 heterocycles. The molecule has 12 aromatic rings. The minimum Gasteiger partial charge on any atom is -0.344 e. The topological polar surface area (TPSA) is 9.86 Å². The number of nitrogens with zero attached hydrogens (tertiary/aromatic N) is 2. The lowest BCUT2D eigenvalue weighted by Crippen LogP contribution is -1.88. The molecule has 244 valence electrons. The molecule has 8 aromatic carbocycles. The molecule has 0 N–H and O–H groups in total. The van der Waals surface area contributed by atoms with Crippen molar-refractivity contribution in [2.45, 2.75) is 0 Å². The van der Waals surface area contributed by atoms with Gasteiger partial charge in [0.25, 0.3) is 0 Å². The summed E-state index contributed by atoms with van der Waals surface area (Å²) in [5, 5.41) is 13.2. The number of hydrogen-bond donors (Lipinski definition) is 0. The van der Waals surface area contributed by atoms with E-state index in [1.54, 1.807) is 0 Å². The van der Waals surface area contributed by atoms with Crippen molar-refractivity contribution < 1.29 is 0 Å². The SMILES string of the molecule is Cn1c2cc(-c3ccc4sc5ccccc5c4c3)ccc2c2c3ccc4c(c3ccc21)c1ccc(-c2ccc3sc5ccccc5c3c2)cc1n4C. The zero-order valence-electron chi connectivity index (χ0n) is 28.6. The number of thiophene rings is 2. The molecule has 0 atom stereocenters. The monoisotopic (exact) mass is 698 g/mol. The number of aryl methyl sites for hydroxylation is 2. The smallest absolute Gasteiger partial charge is 0.0495 e. The maximum atomic E-state index is 2.38. The van der Waals surface area contributed by atoms with Gasteiger partial charge in [-0.2, -0.15) is 0 Å². The minimum atomic E-state index is 1.25. The summed E-state index contributed by atoms with van der Waals surface area (Å²) >= 11 is 3.74. The zero-order chi connectivity index (χ0) is 34.2. The molecule has 2 nitrogen and oxygen atoms in total. The minimum absolute atomic E-state index is 1.25. The van der Waals surface area contributed by atoms with E-state index < -0.39 is 0 Å². The van der Waals surface area contributed by atoms with Crippen molar-refractivity contribution in [2.75, 3.05) is 0 Å². The van der Waals surface area contributed by atoms with Gasteiger partial charge in [0.15, 0.2) is 0 Å². The molecule has 0 aliphatic rings. The lowest BCUT2D eigenvalue weighted by atomic mass is 9.97. The van der Waals surface area contributed by atoms with Crippen molar-refractivity contribution in [1.29, 1.82) is 0 Å². The average molecular weight is 699 g/mol. The van der Waals surface area contributed by atoms with E-state index in [9.17, 15) is 0 Å². The summed E-state index contributed by atoms with van der Waals surface area (Å²) in [5.41, 5.74) is 10.1. The van der Waals surface area contributed by atoms with Crippen LogP contribution in [-0.4, -0.2) is 9.13 Å². The van der Waals surface area contributed by atoms with Crippen molar-refractivity contribution in [2.24, 2.45) is 14.1 Å². The van der Waals surface area contributed by atoms with E-state index in [2.05, 4.69) is 169 Å². The first-order valence-corrected chi connectivity index (χ1v) is 19.4. The van der Waals surface area contributed by atoms with Crippen LogP contribution in [0.5, 0.6) is 0 Å². The average Bonchev–Trinajstić information content (AvgIpc) is 3.92. The Balaban J connectivity index is 1.03. The summed E-state index contributed by atoms with van der Waals surface area (Å²) in [4.78, 5) is 0. The number of rotatable bonds is 2. The summed E-state index contributed by atoms with van der Waals surface area (Å²) in [6.45, 7) is 0. The molecule has 0 fully saturated rings. The fraction of sp³-hybridized carbons (Fsp3) is 0.0417.